The molecule has 0 aromatic heterocycles. The summed E-state index contributed by atoms with van der Waals surface area (Å²) < 4.78 is 0. The van der Waals surface area contributed by atoms with Crippen molar-refractivity contribution in [1.82, 2.24) is 10.7 Å². The number of thiocarbonyl (C=S) groups is 1. The molecule has 2 aliphatic rings. The summed E-state index contributed by atoms with van der Waals surface area (Å²) in [5.74, 6) is 1.18. The zero-order valence-corrected chi connectivity index (χ0v) is 13.9. The number of allylic oxidation sites excluding steroid dienone is 1. The topological polar surface area (TPSA) is 56.7 Å². The standard InChI is InChI=1S/C15H15Cl2N3OS/c16-11-5-10(14(21)12(17)6-11)7-18-20-15(22)19-13-4-8-1-2-9(13)3-8/h1-2,5-9,13,21H,3-4H2,(H2,19,20,22)/b18-7-/t8-,9-,13+/m1/s1. The fourth-order valence-electron chi connectivity index (χ4n) is 2.99. The summed E-state index contributed by atoms with van der Waals surface area (Å²) in [6.07, 6.45) is 8.28. The van der Waals surface area contributed by atoms with Gasteiger partial charge in [-0.25, -0.2) is 0 Å². The number of phenols is 1. The first-order valence-corrected chi connectivity index (χ1v) is 8.15. The number of benzene rings is 1. The highest BCUT2D eigenvalue weighted by Crippen LogP contribution is 2.38. The second-order valence-electron chi connectivity index (χ2n) is 5.56. The van der Waals surface area contributed by atoms with Crippen LogP contribution in [0.1, 0.15) is 18.4 Å². The first-order chi connectivity index (χ1) is 10.5. The summed E-state index contributed by atoms with van der Waals surface area (Å²) >= 11 is 17.0. The van der Waals surface area contributed by atoms with Gasteiger partial charge in [-0.3, -0.25) is 5.43 Å². The van der Waals surface area contributed by atoms with Crippen molar-refractivity contribution in [2.24, 2.45) is 16.9 Å². The summed E-state index contributed by atoms with van der Waals surface area (Å²) in [5, 5.41) is 18.2. The first kappa shape index (κ1) is 15.6. The Labute approximate surface area is 144 Å². The molecule has 3 rings (SSSR count). The zero-order chi connectivity index (χ0) is 15.7. The average molecular weight is 356 g/mol. The van der Waals surface area contributed by atoms with Crippen LogP contribution >= 0.6 is 35.4 Å². The maximum atomic E-state index is 9.82. The van der Waals surface area contributed by atoms with E-state index in [1.165, 1.54) is 18.7 Å². The Balaban J connectivity index is 1.56. The Hall–Kier alpha value is -1.30. The molecule has 0 radical (unpaired) electrons. The number of nitrogens with zero attached hydrogens (tertiary/aromatic N) is 1. The highest BCUT2D eigenvalue weighted by Gasteiger charge is 2.35. The third kappa shape index (κ3) is 3.37. The van der Waals surface area contributed by atoms with E-state index in [1.807, 2.05) is 0 Å². The van der Waals surface area contributed by atoms with Crippen LogP contribution in [0.25, 0.3) is 0 Å². The van der Waals surface area contributed by atoms with Crippen molar-refractivity contribution < 1.29 is 5.11 Å². The number of phenolic OH excluding ortho intramolecular Hbond substituents is 1. The van der Waals surface area contributed by atoms with Crippen LogP contribution in [0, 0.1) is 11.8 Å². The summed E-state index contributed by atoms with van der Waals surface area (Å²) in [7, 11) is 0. The van der Waals surface area contributed by atoms with Crippen LogP contribution in [-0.4, -0.2) is 22.5 Å². The molecule has 0 aliphatic heterocycles. The molecule has 0 amide bonds. The van der Waals surface area contributed by atoms with Crippen LogP contribution in [0.5, 0.6) is 5.75 Å². The van der Waals surface area contributed by atoms with Crippen LogP contribution < -0.4 is 10.7 Å². The molecule has 0 spiro atoms. The molecule has 1 fully saturated rings. The second-order valence-corrected chi connectivity index (χ2v) is 6.81. The van der Waals surface area contributed by atoms with E-state index >= 15 is 0 Å². The van der Waals surface area contributed by atoms with Crippen molar-refractivity contribution in [3.63, 3.8) is 0 Å². The van der Waals surface area contributed by atoms with Gasteiger partial charge in [-0.05, 0) is 49.0 Å². The Morgan fingerprint density at radius 2 is 2.14 bits per heavy atom. The van der Waals surface area contributed by atoms with Gasteiger partial charge in [-0.2, -0.15) is 5.10 Å². The quantitative estimate of drug-likeness (QED) is 0.336. The maximum Gasteiger partial charge on any atom is 0.187 e. The molecule has 1 aromatic carbocycles. The van der Waals surface area contributed by atoms with E-state index in [2.05, 4.69) is 28.0 Å². The van der Waals surface area contributed by atoms with Crippen LogP contribution in [0.4, 0.5) is 0 Å². The Morgan fingerprint density at radius 1 is 1.32 bits per heavy atom. The maximum absolute atomic E-state index is 9.82. The fourth-order valence-corrected chi connectivity index (χ4v) is 3.71. The van der Waals surface area contributed by atoms with Gasteiger partial charge in [0.25, 0.3) is 0 Å². The Bertz CT molecular complexity index is 662. The number of hydrogen-bond donors (Lipinski definition) is 3. The molecule has 3 N–H and O–H groups in total. The summed E-state index contributed by atoms with van der Waals surface area (Å²) in [5.41, 5.74) is 3.18. The summed E-state index contributed by atoms with van der Waals surface area (Å²) in [6, 6.07) is 3.42. The second kappa shape index (κ2) is 6.44. The van der Waals surface area contributed by atoms with Gasteiger partial charge in [0, 0.05) is 16.6 Å². The van der Waals surface area contributed by atoms with Gasteiger partial charge >= 0.3 is 0 Å². The molecule has 22 heavy (non-hydrogen) atoms. The van der Waals surface area contributed by atoms with Crippen molar-refractivity contribution in [1.29, 1.82) is 0 Å². The van der Waals surface area contributed by atoms with Gasteiger partial charge in [-0.15, -0.1) is 0 Å². The minimum Gasteiger partial charge on any atom is -0.506 e. The molecule has 0 saturated heterocycles. The number of nitrogens with one attached hydrogen (secondary N) is 2. The normalized spacial score (nSPS) is 25.8. The fraction of sp³-hybridized carbons (Fsp3) is 0.333. The first-order valence-electron chi connectivity index (χ1n) is 6.99. The Kier molecular flexibility index (Phi) is 4.57. The van der Waals surface area contributed by atoms with Gasteiger partial charge in [0.2, 0.25) is 0 Å². The Morgan fingerprint density at radius 3 is 2.82 bits per heavy atom. The number of hydrazone groups is 1. The number of fused-ring (bicyclic) bond motifs is 2. The van der Waals surface area contributed by atoms with E-state index in [-0.39, 0.29) is 10.8 Å². The van der Waals surface area contributed by atoms with E-state index in [1.54, 1.807) is 6.07 Å². The van der Waals surface area contributed by atoms with Crippen molar-refractivity contribution in [2.75, 3.05) is 0 Å². The SMILES string of the molecule is Oc1c(Cl)cc(Cl)cc1/C=N\NC(=S)N[C@H]1C[C@@H]2C=C[C@@H]1C2. The highest BCUT2D eigenvalue weighted by molar-refractivity contribution is 7.80. The lowest BCUT2D eigenvalue weighted by atomic mass is 10.0. The third-order valence-corrected chi connectivity index (χ3v) is 4.74. The average Bonchev–Trinajstić information content (AvgIpc) is 3.06. The molecule has 3 atom stereocenters. The summed E-state index contributed by atoms with van der Waals surface area (Å²) in [6.45, 7) is 0. The molecule has 0 heterocycles. The predicted octanol–water partition coefficient (Wildman–Crippen LogP) is 3.46. The molecule has 7 heteroatoms. The van der Waals surface area contributed by atoms with Crippen LogP contribution in [0.2, 0.25) is 10.0 Å². The predicted molar refractivity (Wildman–Crippen MR) is 93.7 cm³/mol. The van der Waals surface area contributed by atoms with Crippen molar-refractivity contribution in [2.45, 2.75) is 18.9 Å². The van der Waals surface area contributed by atoms with Gasteiger partial charge in [-0.1, -0.05) is 35.4 Å². The zero-order valence-electron chi connectivity index (χ0n) is 11.6. The van der Waals surface area contributed by atoms with E-state index < -0.39 is 0 Å². The van der Waals surface area contributed by atoms with E-state index in [4.69, 9.17) is 35.4 Å². The molecule has 0 unspecified atom stereocenters. The van der Waals surface area contributed by atoms with Gasteiger partial charge in [0.1, 0.15) is 5.75 Å². The molecule has 4 nitrogen and oxygen atoms in total. The van der Waals surface area contributed by atoms with E-state index in [0.29, 0.717) is 33.6 Å². The van der Waals surface area contributed by atoms with Gasteiger partial charge < -0.3 is 10.4 Å². The summed E-state index contributed by atoms with van der Waals surface area (Å²) in [4.78, 5) is 0. The number of halogens is 2. The molecule has 1 aromatic rings. The van der Waals surface area contributed by atoms with Crippen LogP contribution in [0.3, 0.4) is 0 Å². The lowest BCUT2D eigenvalue weighted by molar-refractivity contribution is 0.474. The molecule has 2 aliphatic carbocycles. The molecular formula is C15H15Cl2N3OS. The number of hydrogen-bond acceptors (Lipinski definition) is 3. The third-order valence-electron chi connectivity index (χ3n) is 4.02. The smallest absolute Gasteiger partial charge is 0.187 e. The largest absolute Gasteiger partial charge is 0.506 e. The number of aromatic hydroxyl groups is 1. The lowest BCUT2D eigenvalue weighted by Crippen LogP contribution is -2.42. The highest BCUT2D eigenvalue weighted by atomic mass is 35.5. The minimum atomic E-state index is -0.0614. The van der Waals surface area contributed by atoms with Crippen molar-refractivity contribution in [3.8, 4) is 5.75 Å². The van der Waals surface area contributed by atoms with Gasteiger partial charge in [0.15, 0.2) is 5.11 Å². The molecule has 116 valence electrons. The number of rotatable bonds is 3. The minimum absolute atomic E-state index is 0.0614. The monoisotopic (exact) mass is 355 g/mol. The van der Waals surface area contributed by atoms with Crippen LogP contribution in [0.15, 0.2) is 29.4 Å². The molecule has 2 bridgehead atoms. The molecule has 1 saturated carbocycles. The van der Waals surface area contributed by atoms with Gasteiger partial charge in [0.05, 0.1) is 11.2 Å². The van der Waals surface area contributed by atoms with Crippen molar-refractivity contribution >= 4 is 46.7 Å². The van der Waals surface area contributed by atoms with E-state index in [9.17, 15) is 5.11 Å². The van der Waals surface area contributed by atoms with Crippen molar-refractivity contribution in [3.05, 3.63) is 39.9 Å². The molecular weight excluding hydrogens is 341 g/mol. The lowest BCUT2D eigenvalue weighted by Gasteiger charge is -2.20. The van der Waals surface area contributed by atoms with Crippen LogP contribution in [-0.2, 0) is 0 Å². The van der Waals surface area contributed by atoms with E-state index in [0.717, 1.165) is 6.42 Å².